The zero-order valence-electron chi connectivity index (χ0n) is 12.1. The second-order valence-electron chi connectivity index (χ2n) is 5.17. The van der Waals surface area contributed by atoms with Crippen LogP contribution in [0.4, 0.5) is 5.69 Å². The van der Waals surface area contributed by atoms with Gasteiger partial charge in [-0.2, -0.15) is 0 Å². The predicted molar refractivity (Wildman–Crippen MR) is 76.4 cm³/mol. The Morgan fingerprint density at radius 1 is 1.28 bits per heavy atom. The highest BCUT2D eigenvalue weighted by atomic mass is 16.5. The zero-order chi connectivity index (χ0) is 13.7. The molecule has 0 saturated heterocycles. The van der Waals surface area contributed by atoms with Crippen molar-refractivity contribution in [3.63, 3.8) is 0 Å². The van der Waals surface area contributed by atoms with E-state index in [1.807, 2.05) is 18.2 Å². The summed E-state index contributed by atoms with van der Waals surface area (Å²) in [5.41, 5.74) is 1.91. The fraction of sp³-hybridized carbons (Fsp3) is 0.600. The number of hydrogen-bond donors (Lipinski definition) is 1. The van der Waals surface area contributed by atoms with Crippen LogP contribution >= 0.6 is 0 Å². The van der Waals surface area contributed by atoms with E-state index in [9.17, 15) is 5.11 Å². The first-order valence-corrected chi connectivity index (χ1v) is 6.53. The largest absolute Gasteiger partial charge is 0.496 e. The Morgan fingerprint density at radius 2 is 1.94 bits per heavy atom. The molecule has 18 heavy (non-hydrogen) atoms. The smallest absolute Gasteiger partial charge is 0.126 e. The van der Waals surface area contributed by atoms with Gasteiger partial charge in [0.25, 0.3) is 0 Å². The summed E-state index contributed by atoms with van der Waals surface area (Å²) in [5, 5.41) is 9.94. The highest BCUT2D eigenvalue weighted by Gasteiger charge is 2.16. The van der Waals surface area contributed by atoms with Crippen LogP contribution in [0.2, 0.25) is 0 Å². The topological polar surface area (TPSA) is 32.7 Å². The zero-order valence-corrected chi connectivity index (χ0v) is 12.1. The van der Waals surface area contributed by atoms with Gasteiger partial charge in [0.2, 0.25) is 0 Å². The Bertz CT molecular complexity index is 375. The number of aliphatic hydroxyl groups is 1. The van der Waals surface area contributed by atoms with Crippen molar-refractivity contribution in [2.24, 2.45) is 5.92 Å². The lowest BCUT2D eigenvalue weighted by Crippen LogP contribution is -2.22. The number of aliphatic hydroxyl groups excluding tert-OH is 1. The van der Waals surface area contributed by atoms with Crippen LogP contribution in [0.15, 0.2) is 18.2 Å². The van der Waals surface area contributed by atoms with Crippen LogP contribution in [-0.2, 0) is 0 Å². The lowest BCUT2D eigenvalue weighted by molar-refractivity contribution is 0.194. The van der Waals surface area contributed by atoms with Gasteiger partial charge in [0.1, 0.15) is 5.75 Å². The number of methoxy groups -OCH3 is 1. The number of anilines is 1. The summed E-state index contributed by atoms with van der Waals surface area (Å²) in [6, 6.07) is 5.89. The average Bonchev–Trinajstić information content (AvgIpc) is 2.34. The SMILES string of the molecule is COc1cccc(N(C)CCC(C)C)c1[C@H](C)O. The Morgan fingerprint density at radius 3 is 2.44 bits per heavy atom. The highest BCUT2D eigenvalue weighted by molar-refractivity contribution is 5.60. The molecule has 0 fully saturated rings. The first-order chi connectivity index (χ1) is 8.47. The summed E-state index contributed by atoms with van der Waals surface area (Å²) < 4.78 is 5.34. The Balaban J connectivity index is 2.99. The standard InChI is InChI=1S/C15H25NO2/c1-11(2)9-10-16(4)13-7-6-8-14(18-5)15(13)12(3)17/h6-8,11-12,17H,9-10H2,1-5H3/t12-/m0/s1. The predicted octanol–water partition coefficient (Wildman–Crippen LogP) is 3.23. The van der Waals surface area contributed by atoms with E-state index >= 15 is 0 Å². The molecule has 1 atom stereocenters. The van der Waals surface area contributed by atoms with Crippen molar-refractivity contribution in [2.75, 3.05) is 25.6 Å². The Labute approximate surface area is 110 Å². The van der Waals surface area contributed by atoms with E-state index in [-0.39, 0.29) is 0 Å². The van der Waals surface area contributed by atoms with Crippen molar-refractivity contribution in [3.05, 3.63) is 23.8 Å². The van der Waals surface area contributed by atoms with Gasteiger partial charge in [0, 0.05) is 24.8 Å². The molecule has 102 valence electrons. The van der Waals surface area contributed by atoms with Gasteiger partial charge in [0.15, 0.2) is 0 Å². The molecule has 3 nitrogen and oxygen atoms in total. The molecule has 0 aliphatic rings. The van der Waals surface area contributed by atoms with E-state index in [0.29, 0.717) is 5.92 Å². The van der Waals surface area contributed by atoms with Crippen LogP contribution < -0.4 is 9.64 Å². The molecule has 0 bridgehead atoms. The van der Waals surface area contributed by atoms with Crippen LogP contribution in [0.3, 0.4) is 0 Å². The van der Waals surface area contributed by atoms with Gasteiger partial charge in [-0.05, 0) is 31.4 Å². The second kappa shape index (κ2) is 6.64. The van der Waals surface area contributed by atoms with E-state index in [0.717, 1.165) is 30.0 Å². The molecular weight excluding hydrogens is 226 g/mol. The third kappa shape index (κ3) is 3.64. The highest BCUT2D eigenvalue weighted by Crippen LogP contribution is 2.34. The minimum absolute atomic E-state index is 0.530. The lowest BCUT2D eigenvalue weighted by atomic mass is 10.0. The van der Waals surface area contributed by atoms with Crippen molar-refractivity contribution in [2.45, 2.75) is 33.3 Å². The van der Waals surface area contributed by atoms with E-state index in [1.54, 1.807) is 14.0 Å². The maximum Gasteiger partial charge on any atom is 0.126 e. The van der Waals surface area contributed by atoms with E-state index in [4.69, 9.17) is 4.74 Å². The van der Waals surface area contributed by atoms with Crippen molar-refractivity contribution in [1.82, 2.24) is 0 Å². The third-order valence-electron chi connectivity index (χ3n) is 3.13. The summed E-state index contributed by atoms with van der Waals surface area (Å²) in [7, 11) is 3.70. The quantitative estimate of drug-likeness (QED) is 0.842. The van der Waals surface area contributed by atoms with E-state index in [2.05, 4.69) is 25.8 Å². The summed E-state index contributed by atoms with van der Waals surface area (Å²) in [6.07, 6.45) is 0.602. The molecule has 0 aromatic heterocycles. The molecule has 1 N–H and O–H groups in total. The van der Waals surface area contributed by atoms with Gasteiger partial charge < -0.3 is 14.7 Å². The van der Waals surface area contributed by atoms with E-state index in [1.165, 1.54) is 0 Å². The lowest BCUT2D eigenvalue weighted by Gasteiger charge is -2.25. The normalized spacial score (nSPS) is 12.6. The number of ether oxygens (including phenoxy) is 1. The molecule has 0 aliphatic carbocycles. The van der Waals surface area contributed by atoms with Crippen LogP contribution in [0.5, 0.6) is 5.75 Å². The van der Waals surface area contributed by atoms with Crippen LogP contribution in [0.1, 0.15) is 38.9 Å². The molecule has 0 radical (unpaired) electrons. The molecule has 1 aromatic carbocycles. The molecule has 0 amide bonds. The monoisotopic (exact) mass is 251 g/mol. The third-order valence-corrected chi connectivity index (χ3v) is 3.13. The fourth-order valence-corrected chi connectivity index (χ4v) is 2.04. The van der Waals surface area contributed by atoms with Crippen molar-refractivity contribution in [1.29, 1.82) is 0 Å². The number of hydrogen-bond acceptors (Lipinski definition) is 3. The maximum atomic E-state index is 9.94. The van der Waals surface area contributed by atoms with E-state index < -0.39 is 6.10 Å². The van der Waals surface area contributed by atoms with Crippen molar-refractivity contribution < 1.29 is 9.84 Å². The molecule has 0 saturated carbocycles. The van der Waals surface area contributed by atoms with Gasteiger partial charge >= 0.3 is 0 Å². The molecule has 0 unspecified atom stereocenters. The van der Waals surface area contributed by atoms with Gasteiger partial charge in [-0.1, -0.05) is 19.9 Å². The molecular formula is C15H25NO2. The van der Waals surface area contributed by atoms with Crippen LogP contribution in [-0.4, -0.2) is 25.8 Å². The van der Waals surface area contributed by atoms with Gasteiger partial charge in [-0.25, -0.2) is 0 Å². The first kappa shape index (κ1) is 14.8. The Hall–Kier alpha value is -1.22. The molecule has 3 heteroatoms. The van der Waals surface area contributed by atoms with Crippen molar-refractivity contribution in [3.8, 4) is 5.75 Å². The molecule has 0 aliphatic heterocycles. The van der Waals surface area contributed by atoms with Crippen molar-refractivity contribution >= 4 is 5.69 Å². The number of nitrogens with zero attached hydrogens (tertiary/aromatic N) is 1. The van der Waals surface area contributed by atoms with Crippen LogP contribution in [0.25, 0.3) is 0 Å². The van der Waals surface area contributed by atoms with Gasteiger partial charge in [-0.15, -0.1) is 0 Å². The second-order valence-corrected chi connectivity index (χ2v) is 5.17. The molecule has 1 rings (SSSR count). The first-order valence-electron chi connectivity index (χ1n) is 6.53. The van der Waals surface area contributed by atoms with Gasteiger partial charge in [-0.3, -0.25) is 0 Å². The minimum Gasteiger partial charge on any atom is -0.496 e. The Kier molecular flexibility index (Phi) is 5.48. The average molecular weight is 251 g/mol. The minimum atomic E-state index is -0.530. The maximum absolute atomic E-state index is 9.94. The number of benzene rings is 1. The summed E-state index contributed by atoms with van der Waals surface area (Å²) in [6.45, 7) is 7.19. The van der Waals surface area contributed by atoms with Crippen LogP contribution in [0, 0.1) is 5.92 Å². The van der Waals surface area contributed by atoms with Gasteiger partial charge in [0.05, 0.1) is 13.2 Å². The fourth-order valence-electron chi connectivity index (χ4n) is 2.04. The molecule has 0 spiro atoms. The molecule has 1 aromatic rings. The number of rotatable bonds is 6. The molecule has 0 heterocycles. The summed E-state index contributed by atoms with van der Waals surface area (Å²) in [5.74, 6) is 1.42. The summed E-state index contributed by atoms with van der Waals surface area (Å²) >= 11 is 0. The summed E-state index contributed by atoms with van der Waals surface area (Å²) in [4.78, 5) is 2.19.